The van der Waals surface area contributed by atoms with Crippen molar-refractivity contribution in [3.8, 4) is 5.69 Å². The first-order valence-electron chi connectivity index (χ1n) is 9.87. The number of benzene rings is 2. The van der Waals surface area contributed by atoms with E-state index < -0.39 is 23.4 Å². The van der Waals surface area contributed by atoms with Crippen LogP contribution in [0.2, 0.25) is 0 Å². The molecule has 0 spiro atoms. The fraction of sp³-hybridized carbons (Fsp3) is 0.261. The molecule has 32 heavy (non-hydrogen) atoms. The molecule has 3 aromatic rings. The van der Waals surface area contributed by atoms with E-state index in [0.717, 1.165) is 11.6 Å². The molecular weight excluding hydrogens is 481 g/mol. The SMILES string of the molecule is COC(=O)c1cc(F)c(C)c(-n2cc(Br)nc(NC(c3ccccc3)C(C)CO)c2=O)c1. The Balaban J connectivity index is 2.13. The highest BCUT2D eigenvalue weighted by Crippen LogP contribution is 2.26. The van der Waals surface area contributed by atoms with Crippen LogP contribution in [0.3, 0.4) is 0 Å². The molecule has 0 aliphatic rings. The van der Waals surface area contributed by atoms with Crippen LogP contribution < -0.4 is 10.9 Å². The van der Waals surface area contributed by atoms with Gasteiger partial charge in [-0.3, -0.25) is 9.36 Å². The number of aliphatic hydroxyl groups excluding tert-OH is 1. The molecule has 0 fully saturated rings. The number of aliphatic hydroxyl groups is 1. The fourth-order valence-corrected chi connectivity index (χ4v) is 3.74. The number of aromatic nitrogens is 2. The molecule has 0 aliphatic heterocycles. The van der Waals surface area contributed by atoms with Crippen LogP contribution in [0, 0.1) is 18.7 Å². The van der Waals surface area contributed by atoms with Gasteiger partial charge in [0.2, 0.25) is 0 Å². The average molecular weight is 504 g/mol. The smallest absolute Gasteiger partial charge is 0.338 e. The van der Waals surface area contributed by atoms with Crippen LogP contribution in [0.25, 0.3) is 5.69 Å². The highest BCUT2D eigenvalue weighted by molar-refractivity contribution is 9.10. The summed E-state index contributed by atoms with van der Waals surface area (Å²) < 4.78 is 20.8. The highest BCUT2D eigenvalue weighted by Gasteiger charge is 2.22. The maximum atomic E-state index is 14.5. The second-order valence-electron chi connectivity index (χ2n) is 7.37. The van der Waals surface area contributed by atoms with E-state index in [4.69, 9.17) is 0 Å². The predicted molar refractivity (Wildman–Crippen MR) is 123 cm³/mol. The third-order valence-corrected chi connectivity index (χ3v) is 5.56. The molecule has 1 heterocycles. The molecule has 0 radical (unpaired) electrons. The van der Waals surface area contributed by atoms with Crippen LogP contribution in [-0.2, 0) is 4.74 Å². The van der Waals surface area contributed by atoms with E-state index in [1.807, 2.05) is 37.3 Å². The van der Waals surface area contributed by atoms with Gasteiger partial charge in [0.25, 0.3) is 5.56 Å². The normalized spacial score (nSPS) is 12.8. The van der Waals surface area contributed by atoms with Crippen molar-refractivity contribution in [2.75, 3.05) is 19.0 Å². The Labute approximate surface area is 193 Å². The van der Waals surface area contributed by atoms with E-state index in [1.165, 1.54) is 30.9 Å². The topological polar surface area (TPSA) is 93.5 Å². The molecule has 2 aromatic carbocycles. The van der Waals surface area contributed by atoms with Gasteiger partial charge in [-0.25, -0.2) is 14.2 Å². The number of esters is 1. The molecule has 0 saturated carbocycles. The van der Waals surface area contributed by atoms with Crippen LogP contribution in [-0.4, -0.2) is 34.3 Å². The standard InChI is InChI=1S/C23H23BrFN3O4/c1-13(12-29)20(15-7-5-4-6-8-15)27-21-22(30)28(11-19(24)26-21)18-10-16(23(31)32-3)9-17(25)14(18)2/h4-11,13,20,29H,12H2,1-3H3,(H,26,27). The Hall–Kier alpha value is -3.04. The zero-order chi connectivity index (χ0) is 23.4. The van der Waals surface area contributed by atoms with Gasteiger partial charge in [-0.2, -0.15) is 0 Å². The summed E-state index contributed by atoms with van der Waals surface area (Å²) in [5.74, 6) is -1.58. The Morgan fingerprint density at radius 1 is 1.31 bits per heavy atom. The van der Waals surface area contributed by atoms with Crippen molar-refractivity contribution >= 4 is 27.7 Å². The lowest BCUT2D eigenvalue weighted by atomic mass is 9.95. The maximum absolute atomic E-state index is 14.5. The predicted octanol–water partition coefficient (Wildman–Crippen LogP) is 4.01. The third-order valence-electron chi connectivity index (χ3n) is 5.18. The third kappa shape index (κ3) is 4.89. The van der Waals surface area contributed by atoms with Crippen LogP contribution >= 0.6 is 15.9 Å². The lowest BCUT2D eigenvalue weighted by Gasteiger charge is -2.25. The summed E-state index contributed by atoms with van der Waals surface area (Å²) in [6.45, 7) is 3.25. The second-order valence-corrected chi connectivity index (χ2v) is 8.19. The van der Waals surface area contributed by atoms with Crippen LogP contribution in [0.4, 0.5) is 10.2 Å². The van der Waals surface area contributed by atoms with E-state index in [1.54, 1.807) is 0 Å². The number of nitrogens with zero attached hydrogens (tertiary/aromatic N) is 2. The van der Waals surface area contributed by atoms with Gasteiger partial charge in [-0.1, -0.05) is 37.3 Å². The maximum Gasteiger partial charge on any atom is 0.338 e. The molecule has 0 amide bonds. The molecule has 0 bridgehead atoms. The van der Waals surface area contributed by atoms with Crippen molar-refractivity contribution in [1.82, 2.24) is 9.55 Å². The first-order chi connectivity index (χ1) is 15.3. The zero-order valence-corrected chi connectivity index (χ0v) is 19.4. The number of halogens is 2. The molecular formula is C23H23BrFN3O4. The number of carbonyl (C=O) groups is 1. The van der Waals surface area contributed by atoms with Crippen molar-refractivity contribution in [2.45, 2.75) is 19.9 Å². The van der Waals surface area contributed by atoms with Gasteiger partial charge in [0.15, 0.2) is 5.82 Å². The monoisotopic (exact) mass is 503 g/mol. The first kappa shape index (κ1) is 23.6. The largest absolute Gasteiger partial charge is 0.465 e. The van der Waals surface area contributed by atoms with Crippen molar-refractivity contribution in [1.29, 1.82) is 0 Å². The number of ether oxygens (including phenoxy) is 1. The van der Waals surface area contributed by atoms with Crippen molar-refractivity contribution in [3.05, 3.63) is 86.1 Å². The van der Waals surface area contributed by atoms with Gasteiger partial charge in [0, 0.05) is 24.3 Å². The number of hydrogen-bond acceptors (Lipinski definition) is 6. The summed E-state index contributed by atoms with van der Waals surface area (Å²) in [7, 11) is 1.20. The van der Waals surface area contributed by atoms with Gasteiger partial charge in [0.05, 0.1) is 24.4 Å². The summed E-state index contributed by atoms with van der Waals surface area (Å²) in [4.78, 5) is 29.6. The van der Waals surface area contributed by atoms with Crippen molar-refractivity contribution in [2.24, 2.45) is 5.92 Å². The molecule has 7 nitrogen and oxygen atoms in total. The lowest BCUT2D eigenvalue weighted by Crippen LogP contribution is -2.29. The Kier molecular flexibility index (Phi) is 7.42. The summed E-state index contributed by atoms with van der Waals surface area (Å²) in [5, 5.41) is 12.9. The van der Waals surface area contributed by atoms with Gasteiger partial charge in [0.1, 0.15) is 10.4 Å². The van der Waals surface area contributed by atoms with Crippen LogP contribution in [0.5, 0.6) is 0 Å². The number of hydrogen-bond donors (Lipinski definition) is 2. The lowest BCUT2D eigenvalue weighted by molar-refractivity contribution is 0.0600. The summed E-state index contributed by atoms with van der Waals surface area (Å²) in [5.41, 5.74) is 0.691. The number of carbonyl (C=O) groups excluding carboxylic acids is 1. The Morgan fingerprint density at radius 3 is 2.62 bits per heavy atom. The number of methoxy groups -OCH3 is 1. The molecule has 2 atom stereocenters. The minimum absolute atomic E-state index is 0.0109. The van der Waals surface area contributed by atoms with Gasteiger partial charge >= 0.3 is 5.97 Å². The minimum atomic E-state index is -0.717. The van der Waals surface area contributed by atoms with Crippen molar-refractivity contribution in [3.63, 3.8) is 0 Å². The zero-order valence-electron chi connectivity index (χ0n) is 17.8. The van der Waals surface area contributed by atoms with E-state index in [2.05, 4.69) is 31.0 Å². The summed E-state index contributed by atoms with van der Waals surface area (Å²) in [6, 6.07) is 11.4. The summed E-state index contributed by atoms with van der Waals surface area (Å²) in [6.07, 6.45) is 1.41. The highest BCUT2D eigenvalue weighted by atomic mass is 79.9. The fourth-order valence-electron chi connectivity index (χ4n) is 3.35. The van der Waals surface area contributed by atoms with E-state index in [0.29, 0.717) is 4.60 Å². The van der Waals surface area contributed by atoms with Crippen molar-refractivity contribution < 1.29 is 19.0 Å². The van der Waals surface area contributed by atoms with Gasteiger partial charge < -0.3 is 15.2 Å². The van der Waals surface area contributed by atoms with Crippen LogP contribution in [0.15, 0.2) is 58.1 Å². The van der Waals surface area contributed by atoms with E-state index >= 15 is 0 Å². The van der Waals surface area contributed by atoms with Crippen LogP contribution in [0.1, 0.15) is 34.5 Å². The Morgan fingerprint density at radius 2 is 2.00 bits per heavy atom. The summed E-state index contributed by atoms with van der Waals surface area (Å²) >= 11 is 3.30. The molecule has 3 rings (SSSR count). The molecule has 168 valence electrons. The molecule has 0 aliphatic carbocycles. The van der Waals surface area contributed by atoms with E-state index in [-0.39, 0.29) is 35.2 Å². The molecule has 2 N–H and O–H groups in total. The molecule has 1 aromatic heterocycles. The quantitative estimate of drug-likeness (QED) is 0.473. The molecule has 0 saturated heterocycles. The second kappa shape index (κ2) is 10.1. The van der Waals surface area contributed by atoms with Gasteiger partial charge in [-0.05, 0) is 40.5 Å². The average Bonchev–Trinajstić information content (AvgIpc) is 2.80. The number of anilines is 1. The van der Waals surface area contributed by atoms with Gasteiger partial charge in [-0.15, -0.1) is 0 Å². The number of nitrogens with one attached hydrogen (secondary N) is 1. The molecule has 9 heteroatoms. The van der Waals surface area contributed by atoms with E-state index in [9.17, 15) is 19.1 Å². The molecule has 2 unspecified atom stereocenters. The first-order valence-corrected chi connectivity index (χ1v) is 10.7. The number of rotatable bonds is 7. The minimum Gasteiger partial charge on any atom is -0.465 e. The Bertz CT molecular complexity index is 1180.